The summed E-state index contributed by atoms with van der Waals surface area (Å²) in [6, 6.07) is 0. The summed E-state index contributed by atoms with van der Waals surface area (Å²) in [4.78, 5) is 21.3. The van der Waals surface area contributed by atoms with Gasteiger partial charge in [-0.3, -0.25) is 9.48 Å². The Labute approximate surface area is 125 Å². The highest BCUT2D eigenvalue weighted by molar-refractivity contribution is 7.18. The zero-order valence-electron chi connectivity index (χ0n) is 12.1. The Bertz CT molecular complexity index is 846. The molecular weight excluding hydrogens is 288 g/mol. The third kappa shape index (κ3) is 2.56. The van der Waals surface area contributed by atoms with Crippen molar-refractivity contribution in [2.75, 3.05) is 0 Å². The van der Waals surface area contributed by atoms with Gasteiger partial charge in [0.25, 0.3) is 5.56 Å². The smallest absolute Gasteiger partial charge is 0.260 e. The Morgan fingerprint density at radius 2 is 2.24 bits per heavy atom. The number of hydrogen-bond donors (Lipinski definition) is 1. The number of ether oxygens (including phenoxy) is 1. The molecule has 0 saturated carbocycles. The molecule has 3 aromatic rings. The molecule has 0 aliphatic rings. The summed E-state index contributed by atoms with van der Waals surface area (Å²) in [6.45, 7) is 6.96. The first-order valence-corrected chi connectivity index (χ1v) is 7.54. The fourth-order valence-corrected chi connectivity index (χ4v) is 3.16. The lowest BCUT2D eigenvalue weighted by molar-refractivity contribution is 0.295. The first kappa shape index (κ1) is 13.8. The van der Waals surface area contributed by atoms with Gasteiger partial charge in [0, 0.05) is 11.4 Å². The fraction of sp³-hybridized carbons (Fsp3) is 0.357. The number of H-pyrrole nitrogens is 1. The van der Waals surface area contributed by atoms with Crippen LogP contribution in [0, 0.1) is 13.8 Å². The number of aromatic amines is 1. The standard InChI is InChI=1S/C14H16N4O2S/c1-4-18-6-10(5-15-18)20-7-11-16-13(19)12-8(2)9(3)21-14(12)17-11/h5-6H,4,7H2,1-3H3,(H,16,17,19). The SMILES string of the molecule is CCn1cc(OCc2nc3sc(C)c(C)c3c(=O)[nH]2)cn1. The molecule has 0 bridgehead atoms. The molecule has 0 spiro atoms. The van der Waals surface area contributed by atoms with E-state index in [0.29, 0.717) is 17.0 Å². The van der Waals surface area contributed by atoms with Crippen molar-refractivity contribution in [2.45, 2.75) is 33.9 Å². The minimum absolute atomic E-state index is 0.107. The predicted octanol–water partition coefficient (Wildman–Crippen LogP) is 2.40. The molecule has 1 N–H and O–H groups in total. The van der Waals surface area contributed by atoms with Crippen LogP contribution in [0.15, 0.2) is 17.2 Å². The van der Waals surface area contributed by atoms with Gasteiger partial charge in [-0.15, -0.1) is 11.3 Å². The van der Waals surface area contributed by atoms with Crippen LogP contribution in [0.1, 0.15) is 23.2 Å². The highest BCUT2D eigenvalue weighted by Gasteiger charge is 2.12. The zero-order chi connectivity index (χ0) is 15.0. The molecule has 3 rings (SSSR count). The molecule has 0 amide bonds. The normalized spacial score (nSPS) is 11.2. The number of nitrogens with zero attached hydrogens (tertiary/aromatic N) is 3. The first-order chi connectivity index (χ1) is 10.1. The molecule has 0 aliphatic carbocycles. The maximum Gasteiger partial charge on any atom is 0.260 e. The van der Waals surface area contributed by atoms with Crippen molar-refractivity contribution in [3.05, 3.63) is 39.0 Å². The number of aromatic nitrogens is 4. The average molecular weight is 304 g/mol. The van der Waals surface area contributed by atoms with Crippen molar-refractivity contribution >= 4 is 21.6 Å². The maximum atomic E-state index is 12.1. The number of fused-ring (bicyclic) bond motifs is 1. The highest BCUT2D eigenvalue weighted by Crippen LogP contribution is 2.25. The van der Waals surface area contributed by atoms with Crippen LogP contribution in [-0.2, 0) is 13.2 Å². The van der Waals surface area contributed by atoms with Crippen molar-refractivity contribution < 1.29 is 4.74 Å². The van der Waals surface area contributed by atoms with Gasteiger partial charge in [-0.2, -0.15) is 5.10 Å². The van der Waals surface area contributed by atoms with Crippen LogP contribution in [-0.4, -0.2) is 19.7 Å². The van der Waals surface area contributed by atoms with Crippen LogP contribution in [0.25, 0.3) is 10.2 Å². The number of rotatable bonds is 4. The lowest BCUT2D eigenvalue weighted by Gasteiger charge is -2.02. The Balaban J connectivity index is 1.86. The van der Waals surface area contributed by atoms with Crippen LogP contribution < -0.4 is 10.3 Å². The summed E-state index contributed by atoms with van der Waals surface area (Å²) in [5.74, 6) is 1.19. The lowest BCUT2D eigenvalue weighted by Crippen LogP contribution is -2.13. The third-order valence-electron chi connectivity index (χ3n) is 3.40. The van der Waals surface area contributed by atoms with Gasteiger partial charge in [0.2, 0.25) is 0 Å². The summed E-state index contributed by atoms with van der Waals surface area (Å²) < 4.78 is 7.38. The third-order valence-corrected chi connectivity index (χ3v) is 4.50. The van der Waals surface area contributed by atoms with Crippen molar-refractivity contribution in [1.29, 1.82) is 0 Å². The van der Waals surface area contributed by atoms with E-state index in [2.05, 4.69) is 15.1 Å². The number of hydrogen-bond acceptors (Lipinski definition) is 5. The molecule has 0 radical (unpaired) electrons. The molecule has 6 nitrogen and oxygen atoms in total. The predicted molar refractivity (Wildman–Crippen MR) is 81.9 cm³/mol. The van der Waals surface area contributed by atoms with Crippen LogP contribution in [0.5, 0.6) is 5.75 Å². The van der Waals surface area contributed by atoms with Gasteiger partial charge in [-0.05, 0) is 26.3 Å². The zero-order valence-corrected chi connectivity index (χ0v) is 13.0. The summed E-state index contributed by atoms with van der Waals surface area (Å²) in [7, 11) is 0. The molecule has 7 heteroatoms. The average Bonchev–Trinajstić information content (AvgIpc) is 3.02. The van der Waals surface area contributed by atoms with E-state index in [1.54, 1.807) is 10.9 Å². The van der Waals surface area contributed by atoms with Gasteiger partial charge in [-0.25, -0.2) is 4.98 Å². The molecular formula is C14H16N4O2S. The minimum Gasteiger partial charge on any atom is -0.482 e. The van der Waals surface area contributed by atoms with Crippen LogP contribution >= 0.6 is 11.3 Å². The fourth-order valence-electron chi connectivity index (χ4n) is 2.11. The largest absolute Gasteiger partial charge is 0.482 e. The van der Waals surface area contributed by atoms with Gasteiger partial charge >= 0.3 is 0 Å². The highest BCUT2D eigenvalue weighted by atomic mass is 32.1. The van der Waals surface area contributed by atoms with Crippen molar-refractivity contribution in [3.63, 3.8) is 0 Å². The molecule has 3 aromatic heterocycles. The summed E-state index contributed by atoms with van der Waals surface area (Å²) in [5.41, 5.74) is 0.894. The molecule has 3 heterocycles. The summed E-state index contributed by atoms with van der Waals surface area (Å²) >= 11 is 1.53. The number of thiophene rings is 1. The van der Waals surface area contributed by atoms with Crippen molar-refractivity contribution in [2.24, 2.45) is 0 Å². The second-order valence-electron chi connectivity index (χ2n) is 4.80. The summed E-state index contributed by atoms with van der Waals surface area (Å²) in [6.07, 6.45) is 3.47. The van der Waals surface area contributed by atoms with E-state index >= 15 is 0 Å². The molecule has 0 saturated heterocycles. The molecule has 0 aromatic carbocycles. The van der Waals surface area contributed by atoms with Gasteiger partial charge in [0.1, 0.15) is 17.3 Å². The quantitative estimate of drug-likeness (QED) is 0.803. The molecule has 21 heavy (non-hydrogen) atoms. The van der Waals surface area contributed by atoms with Crippen LogP contribution in [0.3, 0.4) is 0 Å². The Morgan fingerprint density at radius 1 is 1.43 bits per heavy atom. The van der Waals surface area contributed by atoms with Gasteiger partial charge in [-0.1, -0.05) is 0 Å². The Hall–Kier alpha value is -2.15. The van der Waals surface area contributed by atoms with E-state index in [1.165, 1.54) is 11.3 Å². The molecule has 0 atom stereocenters. The Morgan fingerprint density at radius 3 is 2.95 bits per heavy atom. The number of nitrogens with one attached hydrogen (secondary N) is 1. The van der Waals surface area contributed by atoms with Gasteiger partial charge < -0.3 is 9.72 Å². The second-order valence-corrected chi connectivity index (χ2v) is 6.00. The topological polar surface area (TPSA) is 72.8 Å². The van der Waals surface area contributed by atoms with E-state index in [1.807, 2.05) is 27.0 Å². The molecule has 0 aliphatic heterocycles. The van der Waals surface area contributed by atoms with Crippen LogP contribution in [0.4, 0.5) is 0 Å². The van der Waals surface area contributed by atoms with E-state index in [4.69, 9.17) is 4.74 Å². The van der Waals surface area contributed by atoms with Gasteiger partial charge in [0.15, 0.2) is 5.75 Å². The van der Waals surface area contributed by atoms with Crippen LogP contribution in [0.2, 0.25) is 0 Å². The van der Waals surface area contributed by atoms with E-state index in [-0.39, 0.29) is 12.2 Å². The van der Waals surface area contributed by atoms with Gasteiger partial charge in [0.05, 0.1) is 17.8 Å². The maximum absolute atomic E-state index is 12.1. The number of aryl methyl sites for hydroxylation is 3. The molecule has 0 fully saturated rings. The molecule has 110 valence electrons. The van der Waals surface area contributed by atoms with Crippen molar-refractivity contribution in [3.8, 4) is 5.75 Å². The van der Waals surface area contributed by atoms with E-state index in [9.17, 15) is 4.79 Å². The lowest BCUT2D eigenvalue weighted by atomic mass is 10.2. The van der Waals surface area contributed by atoms with E-state index in [0.717, 1.165) is 21.8 Å². The summed E-state index contributed by atoms with van der Waals surface area (Å²) in [5, 5.41) is 4.81. The van der Waals surface area contributed by atoms with E-state index < -0.39 is 0 Å². The Kier molecular flexibility index (Phi) is 3.50. The van der Waals surface area contributed by atoms with Crippen molar-refractivity contribution in [1.82, 2.24) is 19.7 Å². The molecule has 0 unspecified atom stereocenters. The first-order valence-electron chi connectivity index (χ1n) is 6.72. The monoisotopic (exact) mass is 304 g/mol. The minimum atomic E-state index is -0.107. The second kappa shape index (κ2) is 5.33.